The van der Waals surface area contributed by atoms with Crippen molar-refractivity contribution >= 4 is 56.0 Å². The first-order valence-electron chi connectivity index (χ1n) is 6.48. The fourth-order valence-electron chi connectivity index (χ4n) is 2.19. The molecule has 2 heterocycles. The molecule has 0 aliphatic carbocycles. The van der Waals surface area contributed by atoms with Crippen LogP contribution in [0.2, 0.25) is 5.02 Å². The molecule has 0 amide bonds. The van der Waals surface area contributed by atoms with E-state index in [1.165, 1.54) is 11.8 Å². The number of rotatable bonds is 3. The second kappa shape index (κ2) is 5.46. The van der Waals surface area contributed by atoms with Gasteiger partial charge in [0.2, 0.25) is 0 Å². The number of thiazole rings is 1. The molecule has 0 aliphatic rings. The minimum atomic E-state index is -0.383. The standard InChI is InChI=1S/C15H9ClN2O2S2/c16-9-5-6-12-11(7-9)18(15(19)20-12)8-21-14-17-10-3-1-2-4-13(10)22-14/h1-7H,8H2. The van der Waals surface area contributed by atoms with E-state index in [2.05, 4.69) is 4.98 Å². The van der Waals surface area contributed by atoms with Gasteiger partial charge in [-0.3, -0.25) is 4.57 Å². The molecule has 0 N–H and O–H groups in total. The van der Waals surface area contributed by atoms with Crippen LogP contribution < -0.4 is 5.76 Å². The summed E-state index contributed by atoms with van der Waals surface area (Å²) in [5, 5.41) is 0.576. The maximum absolute atomic E-state index is 12.0. The van der Waals surface area contributed by atoms with E-state index in [9.17, 15) is 4.79 Å². The smallest absolute Gasteiger partial charge is 0.408 e. The van der Waals surface area contributed by atoms with Crippen LogP contribution in [0.25, 0.3) is 21.3 Å². The molecule has 2 aromatic carbocycles. The van der Waals surface area contributed by atoms with Crippen molar-refractivity contribution in [1.29, 1.82) is 0 Å². The van der Waals surface area contributed by atoms with Gasteiger partial charge in [0.05, 0.1) is 21.6 Å². The highest BCUT2D eigenvalue weighted by atomic mass is 35.5. The zero-order valence-electron chi connectivity index (χ0n) is 11.2. The lowest BCUT2D eigenvalue weighted by Gasteiger charge is -1.99. The molecule has 110 valence electrons. The van der Waals surface area contributed by atoms with E-state index in [0.717, 1.165) is 14.6 Å². The number of fused-ring (bicyclic) bond motifs is 2. The highest BCUT2D eigenvalue weighted by Crippen LogP contribution is 2.30. The molecule has 0 aliphatic heterocycles. The monoisotopic (exact) mass is 348 g/mol. The van der Waals surface area contributed by atoms with Gasteiger partial charge in [-0.1, -0.05) is 35.5 Å². The van der Waals surface area contributed by atoms with E-state index < -0.39 is 0 Å². The number of thioether (sulfide) groups is 1. The number of hydrogen-bond donors (Lipinski definition) is 0. The number of aromatic nitrogens is 2. The molecule has 4 aromatic rings. The maximum Gasteiger partial charge on any atom is 0.420 e. The van der Waals surface area contributed by atoms with Gasteiger partial charge in [-0.25, -0.2) is 9.78 Å². The van der Waals surface area contributed by atoms with Crippen molar-refractivity contribution in [3.8, 4) is 0 Å². The van der Waals surface area contributed by atoms with Crippen LogP contribution in [0.15, 0.2) is 56.0 Å². The lowest BCUT2D eigenvalue weighted by Crippen LogP contribution is -2.12. The summed E-state index contributed by atoms with van der Waals surface area (Å²) < 4.78 is 8.84. The molecule has 0 spiro atoms. The lowest BCUT2D eigenvalue weighted by molar-refractivity contribution is 0.526. The van der Waals surface area contributed by atoms with Crippen molar-refractivity contribution in [3.63, 3.8) is 0 Å². The van der Waals surface area contributed by atoms with Gasteiger partial charge in [-0.15, -0.1) is 11.3 Å². The molecule has 4 nitrogen and oxygen atoms in total. The largest absolute Gasteiger partial charge is 0.420 e. The molecule has 7 heteroatoms. The van der Waals surface area contributed by atoms with Crippen LogP contribution in [-0.2, 0) is 5.88 Å². The number of halogens is 1. The third-order valence-electron chi connectivity index (χ3n) is 3.22. The highest BCUT2D eigenvalue weighted by Gasteiger charge is 2.11. The van der Waals surface area contributed by atoms with Crippen LogP contribution in [0.4, 0.5) is 0 Å². The molecule has 0 fully saturated rings. The second-order valence-corrected chi connectivity index (χ2v) is 7.29. The Labute approximate surface area is 138 Å². The first-order chi connectivity index (χ1) is 10.7. The van der Waals surface area contributed by atoms with Crippen LogP contribution in [0.3, 0.4) is 0 Å². The number of para-hydroxylation sites is 1. The minimum absolute atomic E-state index is 0.383. The van der Waals surface area contributed by atoms with Gasteiger partial charge in [-0.2, -0.15) is 0 Å². The van der Waals surface area contributed by atoms with E-state index in [1.807, 2.05) is 24.3 Å². The Morgan fingerprint density at radius 1 is 1.27 bits per heavy atom. The van der Waals surface area contributed by atoms with Crippen molar-refractivity contribution in [2.24, 2.45) is 0 Å². The third kappa shape index (κ3) is 2.43. The topological polar surface area (TPSA) is 48.0 Å². The Balaban J connectivity index is 1.67. The van der Waals surface area contributed by atoms with E-state index in [0.29, 0.717) is 22.0 Å². The molecule has 0 atom stereocenters. The van der Waals surface area contributed by atoms with Gasteiger partial charge in [0.25, 0.3) is 0 Å². The van der Waals surface area contributed by atoms with Crippen LogP contribution in [0.1, 0.15) is 0 Å². The summed E-state index contributed by atoms with van der Waals surface area (Å²) in [7, 11) is 0. The highest BCUT2D eigenvalue weighted by molar-refractivity contribution is 8.00. The molecular formula is C15H9ClN2O2S2. The van der Waals surface area contributed by atoms with Crippen LogP contribution in [0.5, 0.6) is 0 Å². The molecule has 4 rings (SSSR count). The van der Waals surface area contributed by atoms with Gasteiger partial charge in [-0.05, 0) is 30.3 Å². The zero-order chi connectivity index (χ0) is 15.1. The summed E-state index contributed by atoms with van der Waals surface area (Å²) >= 11 is 9.12. The SMILES string of the molecule is O=c1oc2ccc(Cl)cc2n1CSc1nc2ccccc2s1. The maximum atomic E-state index is 12.0. The molecule has 22 heavy (non-hydrogen) atoms. The number of hydrogen-bond acceptors (Lipinski definition) is 5. The first kappa shape index (κ1) is 13.9. The molecular weight excluding hydrogens is 340 g/mol. The van der Waals surface area contributed by atoms with Crippen LogP contribution in [-0.4, -0.2) is 9.55 Å². The van der Waals surface area contributed by atoms with Crippen molar-refractivity contribution < 1.29 is 4.42 Å². The number of oxazole rings is 1. The third-order valence-corrected chi connectivity index (χ3v) is 5.62. The summed E-state index contributed by atoms with van der Waals surface area (Å²) in [6.07, 6.45) is 0. The van der Waals surface area contributed by atoms with Crippen molar-refractivity contribution in [3.05, 3.63) is 58.0 Å². The Kier molecular flexibility index (Phi) is 3.44. The Hall–Kier alpha value is -1.76. The van der Waals surface area contributed by atoms with Crippen molar-refractivity contribution in [2.75, 3.05) is 0 Å². The molecule has 0 bridgehead atoms. The van der Waals surface area contributed by atoms with Crippen LogP contribution in [0, 0.1) is 0 Å². The second-order valence-electron chi connectivity index (χ2n) is 4.63. The average molecular weight is 349 g/mol. The van der Waals surface area contributed by atoms with E-state index in [4.69, 9.17) is 16.0 Å². The quantitative estimate of drug-likeness (QED) is 0.507. The fraction of sp³-hybridized carbons (Fsp3) is 0.0667. The first-order valence-corrected chi connectivity index (χ1v) is 8.66. The van der Waals surface area contributed by atoms with Crippen molar-refractivity contribution in [1.82, 2.24) is 9.55 Å². The predicted octanol–water partition coefficient (Wildman–Crippen LogP) is 4.61. The molecule has 2 aromatic heterocycles. The minimum Gasteiger partial charge on any atom is -0.408 e. The molecule has 0 saturated carbocycles. The fourth-order valence-corrected chi connectivity index (χ4v) is 4.36. The van der Waals surface area contributed by atoms with Gasteiger partial charge in [0, 0.05) is 5.02 Å². The van der Waals surface area contributed by atoms with Gasteiger partial charge in [0.15, 0.2) is 9.92 Å². The van der Waals surface area contributed by atoms with Crippen molar-refractivity contribution in [2.45, 2.75) is 10.2 Å². The van der Waals surface area contributed by atoms with Gasteiger partial charge < -0.3 is 4.42 Å². The van der Waals surface area contributed by atoms with E-state index >= 15 is 0 Å². The van der Waals surface area contributed by atoms with E-state index in [-0.39, 0.29) is 5.76 Å². The average Bonchev–Trinajstić information content (AvgIpc) is 3.05. The Morgan fingerprint density at radius 3 is 3.00 bits per heavy atom. The number of nitrogens with zero attached hydrogens (tertiary/aromatic N) is 2. The Bertz CT molecular complexity index is 1000. The summed E-state index contributed by atoms with van der Waals surface area (Å²) in [6, 6.07) is 13.1. The predicted molar refractivity (Wildman–Crippen MR) is 91.0 cm³/mol. The van der Waals surface area contributed by atoms with E-state index in [1.54, 1.807) is 34.1 Å². The molecule has 0 unspecified atom stereocenters. The van der Waals surface area contributed by atoms with Gasteiger partial charge in [0.1, 0.15) is 0 Å². The summed E-state index contributed by atoms with van der Waals surface area (Å²) in [4.78, 5) is 16.5. The van der Waals surface area contributed by atoms with Crippen LogP contribution >= 0.6 is 34.7 Å². The Morgan fingerprint density at radius 2 is 2.14 bits per heavy atom. The lowest BCUT2D eigenvalue weighted by atomic mass is 10.3. The zero-order valence-corrected chi connectivity index (χ0v) is 13.5. The molecule has 0 radical (unpaired) electrons. The summed E-state index contributed by atoms with van der Waals surface area (Å²) in [5.74, 6) is 0.0531. The molecule has 0 saturated heterocycles. The normalized spacial score (nSPS) is 11.5. The summed E-state index contributed by atoms with van der Waals surface area (Å²) in [5.41, 5.74) is 2.22. The van der Waals surface area contributed by atoms with Gasteiger partial charge >= 0.3 is 5.76 Å². The summed E-state index contributed by atoms with van der Waals surface area (Å²) in [6.45, 7) is 0. The number of benzene rings is 2.